The van der Waals surface area contributed by atoms with Crippen LogP contribution in [0.4, 0.5) is 0 Å². The molecule has 6 nitrogen and oxygen atoms in total. The Kier molecular flexibility index (Phi) is 5.32. The van der Waals surface area contributed by atoms with E-state index in [4.69, 9.17) is 9.47 Å². The van der Waals surface area contributed by atoms with Crippen LogP contribution in [0.1, 0.15) is 40.2 Å². The molecule has 0 spiro atoms. The normalized spacial score (nSPS) is 19.2. The number of hydrogen-bond donors (Lipinski definition) is 1. The monoisotopic (exact) mass is 408 g/mol. The predicted molar refractivity (Wildman–Crippen MR) is 120 cm³/mol. The number of aryl methyl sites for hydroxylation is 1. The molecule has 6 heteroatoms. The molecule has 0 aliphatic carbocycles. The van der Waals surface area contributed by atoms with Crippen molar-refractivity contribution in [3.8, 4) is 16.9 Å². The number of hydrogen-bond acceptors (Lipinski definition) is 5. The van der Waals surface area contributed by atoms with Gasteiger partial charge in [0.05, 0.1) is 22.9 Å². The van der Waals surface area contributed by atoms with Crippen molar-refractivity contribution in [2.75, 3.05) is 19.7 Å². The van der Waals surface area contributed by atoms with Crippen LogP contribution >= 0.6 is 0 Å². The number of nitrogens with one attached hydrogen (secondary N) is 1. The fourth-order valence-corrected chi connectivity index (χ4v) is 3.88. The van der Waals surface area contributed by atoms with Gasteiger partial charge in [0, 0.05) is 36.4 Å². The SMILES string of the molecule is Cc1ccnc2cc(-c3cnn(C(C)(C)C)c3)cc(OC[C@@H]3CNCC(C)(C)O3)c12. The maximum atomic E-state index is 6.34. The molecule has 1 aliphatic rings. The second kappa shape index (κ2) is 7.67. The van der Waals surface area contributed by atoms with Gasteiger partial charge in [-0.05, 0) is 70.9 Å². The molecule has 160 valence electrons. The van der Waals surface area contributed by atoms with E-state index in [9.17, 15) is 0 Å². The summed E-state index contributed by atoms with van der Waals surface area (Å²) in [5, 5.41) is 9.04. The van der Waals surface area contributed by atoms with Crippen LogP contribution in [0.25, 0.3) is 22.0 Å². The van der Waals surface area contributed by atoms with Gasteiger partial charge in [-0.15, -0.1) is 0 Å². The zero-order valence-corrected chi connectivity index (χ0v) is 18.8. The summed E-state index contributed by atoms with van der Waals surface area (Å²) in [7, 11) is 0. The van der Waals surface area contributed by atoms with E-state index in [2.05, 4.69) is 75.3 Å². The van der Waals surface area contributed by atoms with Crippen LogP contribution in [0.2, 0.25) is 0 Å². The van der Waals surface area contributed by atoms with Crippen molar-refractivity contribution in [3.05, 3.63) is 42.4 Å². The van der Waals surface area contributed by atoms with Gasteiger partial charge in [0.15, 0.2) is 0 Å². The molecule has 0 bridgehead atoms. The topological polar surface area (TPSA) is 61.2 Å². The lowest BCUT2D eigenvalue weighted by Gasteiger charge is -2.36. The third kappa shape index (κ3) is 4.35. The van der Waals surface area contributed by atoms with Gasteiger partial charge in [0.2, 0.25) is 0 Å². The molecule has 3 heterocycles. The van der Waals surface area contributed by atoms with Crippen LogP contribution in [-0.4, -0.2) is 46.2 Å². The summed E-state index contributed by atoms with van der Waals surface area (Å²) < 4.78 is 14.5. The Hall–Kier alpha value is -2.44. The van der Waals surface area contributed by atoms with Gasteiger partial charge in [-0.1, -0.05) is 0 Å². The average molecular weight is 409 g/mol. The van der Waals surface area contributed by atoms with E-state index >= 15 is 0 Å². The summed E-state index contributed by atoms with van der Waals surface area (Å²) in [6, 6.07) is 6.23. The zero-order chi connectivity index (χ0) is 21.5. The lowest BCUT2D eigenvalue weighted by Crippen LogP contribution is -2.52. The van der Waals surface area contributed by atoms with E-state index in [1.54, 1.807) is 0 Å². The molecule has 1 aromatic carbocycles. The van der Waals surface area contributed by atoms with E-state index in [-0.39, 0.29) is 17.2 Å². The molecule has 4 rings (SSSR count). The molecular weight excluding hydrogens is 376 g/mol. The molecule has 3 aromatic rings. The number of morpholine rings is 1. The van der Waals surface area contributed by atoms with Gasteiger partial charge in [0.1, 0.15) is 18.5 Å². The number of aromatic nitrogens is 3. The number of benzene rings is 1. The van der Waals surface area contributed by atoms with Crippen molar-refractivity contribution in [2.24, 2.45) is 0 Å². The van der Waals surface area contributed by atoms with Crippen LogP contribution < -0.4 is 10.1 Å². The highest BCUT2D eigenvalue weighted by atomic mass is 16.5. The number of rotatable bonds is 4. The maximum Gasteiger partial charge on any atom is 0.129 e. The first-order valence-electron chi connectivity index (χ1n) is 10.6. The molecule has 0 saturated carbocycles. The highest BCUT2D eigenvalue weighted by Gasteiger charge is 2.29. The predicted octanol–water partition coefficient (Wildman–Crippen LogP) is 4.31. The van der Waals surface area contributed by atoms with Gasteiger partial charge >= 0.3 is 0 Å². The summed E-state index contributed by atoms with van der Waals surface area (Å²) >= 11 is 0. The van der Waals surface area contributed by atoms with Gasteiger partial charge in [-0.2, -0.15) is 5.10 Å². The molecule has 0 unspecified atom stereocenters. The van der Waals surface area contributed by atoms with Crippen molar-refractivity contribution >= 4 is 10.9 Å². The van der Waals surface area contributed by atoms with Crippen LogP contribution in [0.3, 0.4) is 0 Å². The first-order valence-corrected chi connectivity index (χ1v) is 10.6. The summed E-state index contributed by atoms with van der Waals surface area (Å²) in [4.78, 5) is 4.61. The minimum Gasteiger partial charge on any atom is -0.490 e. The van der Waals surface area contributed by atoms with E-state index in [1.165, 1.54) is 0 Å². The Bertz CT molecular complexity index is 1050. The van der Waals surface area contributed by atoms with Gasteiger partial charge in [-0.25, -0.2) is 0 Å². The molecule has 1 saturated heterocycles. The molecule has 1 N–H and O–H groups in total. The quantitative estimate of drug-likeness (QED) is 0.697. The van der Waals surface area contributed by atoms with E-state index in [0.29, 0.717) is 6.61 Å². The highest BCUT2D eigenvalue weighted by molar-refractivity contribution is 5.92. The Balaban J connectivity index is 1.68. The Morgan fingerprint density at radius 1 is 1.27 bits per heavy atom. The number of nitrogens with zero attached hydrogens (tertiary/aromatic N) is 3. The summed E-state index contributed by atoms with van der Waals surface area (Å²) in [6.07, 6.45) is 5.84. The lowest BCUT2D eigenvalue weighted by atomic mass is 10.0. The summed E-state index contributed by atoms with van der Waals surface area (Å²) in [5.74, 6) is 0.837. The lowest BCUT2D eigenvalue weighted by molar-refractivity contribution is -0.106. The average Bonchev–Trinajstić information content (AvgIpc) is 3.16. The smallest absolute Gasteiger partial charge is 0.129 e. The first-order chi connectivity index (χ1) is 14.1. The molecular formula is C24H32N4O2. The second-order valence-corrected chi connectivity index (χ2v) is 9.78. The van der Waals surface area contributed by atoms with Crippen molar-refractivity contribution in [1.29, 1.82) is 0 Å². The van der Waals surface area contributed by atoms with E-state index < -0.39 is 0 Å². The number of pyridine rings is 1. The van der Waals surface area contributed by atoms with Crippen LogP contribution in [0.5, 0.6) is 5.75 Å². The van der Waals surface area contributed by atoms with Crippen LogP contribution in [0.15, 0.2) is 36.8 Å². The van der Waals surface area contributed by atoms with E-state index in [0.717, 1.165) is 46.4 Å². The minimum atomic E-state index is -0.185. The molecule has 0 amide bonds. The second-order valence-electron chi connectivity index (χ2n) is 9.78. The van der Waals surface area contributed by atoms with E-state index in [1.807, 2.05) is 23.1 Å². The maximum absolute atomic E-state index is 6.34. The largest absolute Gasteiger partial charge is 0.490 e. The summed E-state index contributed by atoms with van der Waals surface area (Å²) in [6.45, 7) is 14.8. The van der Waals surface area contributed by atoms with Gasteiger partial charge in [0.25, 0.3) is 0 Å². The highest BCUT2D eigenvalue weighted by Crippen LogP contribution is 2.34. The van der Waals surface area contributed by atoms with Crippen LogP contribution in [0, 0.1) is 6.92 Å². The number of ether oxygens (including phenoxy) is 2. The molecule has 1 aliphatic heterocycles. The van der Waals surface area contributed by atoms with Crippen molar-refractivity contribution < 1.29 is 9.47 Å². The molecule has 0 radical (unpaired) electrons. The number of fused-ring (bicyclic) bond motifs is 1. The van der Waals surface area contributed by atoms with Gasteiger partial charge in [-0.3, -0.25) is 9.67 Å². The summed E-state index contributed by atoms with van der Waals surface area (Å²) in [5.41, 5.74) is 3.92. The fourth-order valence-electron chi connectivity index (χ4n) is 3.88. The third-order valence-corrected chi connectivity index (χ3v) is 5.45. The van der Waals surface area contributed by atoms with Crippen molar-refractivity contribution in [2.45, 2.75) is 58.8 Å². The first kappa shape index (κ1) is 20.8. The zero-order valence-electron chi connectivity index (χ0n) is 18.8. The molecule has 2 aromatic heterocycles. The Morgan fingerprint density at radius 2 is 2.07 bits per heavy atom. The molecule has 1 fully saturated rings. The minimum absolute atomic E-state index is 0.00748. The Labute approximate surface area is 178 Å². The van der Waals surface area contributed by atoms with Crippen LogP contribution in [-0.2, 0) is 10.3 Å². The van der Waals surface area contributed by atoms with Crippen molar-refractivity contribution in [3.63, 3.8) is 0 Å². The standard InChI is InChI=1S/C24H32N4O2/c1-16-7-8-26-20-9-17(18-11-27-28(13-18)23(2,3)4)10-21(22(16)20)29-14-19-12-25-15-24(5,6)30-19/h7-11,13,19,25H,12,14-15H2,1-6H3/t19-/m0/s1. The molecule has 30 heavy (non-hydrogen) atoms. The fraction of sp³-hybridized carbons (Fsp3) is 0.500. The molecule has 1 atom stereocenters. The van der Waals surface area contributed by atoms with Gasteiger partial charge < -0.3 is 14.8 Å². The Morgan fingerprint density at radius 3 is 2.77 bits per heavy atom. The van der Waals surface area contributed by atoms with Crippen molar-refractivity contribution in [1.82, 2.24) is 20.1 Å². The third-order valence-electron chi connectivity index (χ3n) is 5.45.